The van der Waals surface area contributed by atoms with E-state index in [2.05, 4.69) is 315 Å². The Bertz CT molecular complexity index is 4930. The molecule has 392 valence electrons. The quantitative estimate of drug-likeness (QED) is 0.137. The lowest BCUT2D eigenvalue weighted by Gasteiger charge is -2.36. The van der Waals surface area contributed by atoms with Gasteiger partial charge in [0.25, 0.3) is 0 Å². The number of aryl methyl sites for hydroxylation is 2. The lowest BCUT2D eigenvalue weighted by atomic mass is 9.67. The van der Waals surface area contributed by atoms with Gasteiger partial charge in [0.05, 0.1) is 22.5 Å². The summed E-state index contributed by atoms with van der Waals surface area (Å²) in [6.45, 7) is 4.31. The van der Waals surface area contributed by atoms with Gasteiger partial charge in [0.1, 0.15) is 11.2 Å². The first-order chi connectivity index (χ1) is 41.0. The number of hydrogen-bond acceptors (Lipinski definition) is 4. The highest BCUT2D eigenvalue weighted by molar-refractivity contribution is 6.17. The third-order valence-corrected chi connectivity index (χ3v) is 17.3. The zero-order valence-corrected chi connectivity index (χ0v) is 45.9. The van der Waals surface area contributed by atoms with Crippen LogP contribution in [0.15, 0.2) is 300 Å². The molecular weight excluding hydrogens is 1010 g/mol. The van der Waals surface area contributed by atoms with Gasteiger partial charge >= 0.3 is 0 Å². The van der Waals surface area contributed by atoms with Crippen molar-refractivity contribution in [2.24, 2.45) is 0 Å². The number of fused-ring (bicyclic) bond motifs is 11. The van der Waals surface area contributed by atoms with Crippen molar-refractivity contribution in [3.63, 3.8) is 0 Å². The van der Waals surface area contributed by atoms with Crippen LogP contribution >= 0.6 is 0 Å². The van der Waals surface area contributed by atoms with Crippen molar-refractivity contribution in [2.45, 2.75) is 19.3 Å². The molecule has 0 aliphatic heterocycles. The fraction of sp³-hybridized carbons (Fsp3) is 0.0380. The summed E-state index contributed by atoms with van der Waals surface area (Å²) in [4.78, 5) is 4.84. The van der Waals surface area contributed by atoms with Crippen LogP contribution in [0.4, 0.5) is 34.1 Å². The van der Waals surface area contributed by atoms with Crippen molar-refractivity contribution in [1.29, 1.82) is 0 Å². The Morgan fingerprint density at radius 1 is 0.277 bits per heavy atom. The lowest BCUT2D eigenvalue weighted by molar-refractivity contribution is 0.670. The van der Waals surface area contributed by atoms with Crippen LogP contribution in [-0.2, 0) is 5.41 Å². The molecule has 0 fully saturated rings. The molecule has 4 heteroatoms. The van der Waals surface area contributed by atoms with E-state index in [9.17, 15) is 0 Å². The number of nitrogens with zero attached hydrogens (tertiary/aromatic N) is 2. The number of hydrogen-bond donors (Lipinski definition) is 0. The Kier molecular flexibility index (Phi) is 11.2. The molecule has 0 unspecified atom stereocenters. The summed E-state index contributed by atoms with van der Waals surface area (Å²) in [7, 11) is 0. The zero-order chi connectivity index (χ0) is 55.2. The largest absolute Gasteiger partial charge is 0.453 e. The average molecular weight is 1060 g/mol. The first-order valence-corrected chi connectivity index (χ1v) is 28.6. The predicted octanol–water partition coefficient (Wildman–Crippen LogP) is 21.9. The SMILES string of the molecule is Cc1ccc(N(c2ccc3c(c2)C(c2ccccc2)(c2ccccc2)c2cc(N(c4ccc(C)cc4)c4cccc5c4oc4c(-c6ccccc6)cccc45)c4ccccc4c2-3)c2cccc3c2oc2c(-c4ccccc4)cccc23)cc1. The zero-order valence-electron chi connectivity index (χ0n) is 45.9. The van der Waals surface area contributed by atoms with Gasteiger partial charge < -0.3 is 18.6 Å². The number of furan rings is 2. The topological polar surface area (TPSA) is 32.8 Å². The Balaban J connectivity index is 0.978. The molecule has 0 radical (unpaired) electrons. The monoisotopic (exact) mass is 1060 g/mol. The van der Waals surface area contributed by atoms with Gasteiger partial charge in [-0.1, -0.05) is 248 Å². The Hall–Kier alpha value is -10.7. The molecule has 0 atom stereocenters. The number of anilines is 6. The molecule has 13 aromatic carbocycles. The Labute approximate surface area is 482 Å². The van der Waals surface area contributed by atoms with Crippen molar-refractivity contribution < 1.29 is 8.83 Å². The maximum Gasteiger partial charge on any atom is 0.159 e. The summed E-state index contributed by atoms with van der Waals surface area (Å²) in [5.74, 6) is 0. The van der Waals surface area contributed by atoms with E-state index in [1.54, 1.807) is 0 Å². The van der Waals surface area contributed by atoms with E-state index in [-0.39, 0.29) is 0 Å². The van der Waals surface area contributed by atoms with Crippen LogP contribution in [0, 0.1) is 13.8 Å². The van der Waals surface area contributed by atoms with Crippen LogP contribution in [0.5, 0.6) is 0 Å². The molecule has 83 heavy (non-hydrogen) atoms. The van der Waals surface area contributed by atoms with Crippen LogP contribution in [0.2, 0.25) is 0 Å². The highest BCUT2D eigenvalue weighted by atomic mass is 16.3. The number of benzene rings is 13. The molecule has 2 heterocycles. The van der Waals surface area contributed by atoms with Crippen LogP contribution in [0.25, 0.3) is 88.0 Å². The van der Waals surface area contributed by atoms with E-state index in [1.165, 1.54) is 49.9 Å². The Morgan fingerprint density at radius 3 is 1.20 bits per heavy atom. The van der Waals surface area contributed by atoms with E-state index in [0.717, 1.165) is 106 Å². The molecule has 0 spiro atoms. The third-order valence-electron chi connectivity index (χ3n) is 17.3. The Morgan fingerprint density at radius 2 is 0.687 bits per heavy atom. The average Bonchev–Trinajstić information content (AvgIpc) is 1.71. The van der Waals surface area contributed by atoms with Gasteiger partial charge in [-0.05, 0) is 118 Å². The van der Waals surface area contributed by atoms with E-state index >= 15 is 0 Å². The molecule has 2 aromatic heterocycles. The summed E-state index contributed by atoms with van der Waals surface area (Å²) in [6, 6.07) is 106. The van der Waals surface area contributed by atoms with Crippen LogP contribution < -0.4 is 9.80 Å². The first kappa shape index (κ1) is 48.2. The van der Waals surface area contributed by atoms with Gasteiger partial charge in [0.2, 0.25) is 0 Å². The minimum atomic E-state index is -0.800. The van der Waals surface area contributed by atoms with Crippen molar-refractivity contribution in [1.82, 2.24) is 0 Å². The number of para-hydroxylation sites is 4. The predicted molar refractivity (Wildman–Crippen MR) is 346 cm³/mol. The molecular formula is C79H54N2O2. The summed E-state index contributed by atoms with van der Waals surface area (Å²) in [5.41, 5.74) is 22.5. The van der Waals surface area contributed by atoms with E-state index in [0.29, 0.717) is 0 Å². The van der Waals surface area contributed by atoms with Gasteiger partial charge in [0, 0.05) is 55.1 Å². The summed E-state index contributed by atoms with van der Waals surface area (Å²) >= 11 is 0. The second-order valence-corrected chi connectivity index (χ2v) is 22.0. The first-order valence-electron chi connectivity index (χ1n) is 28.6. The molecule has 0 bridgehead atoms. The highest BCUT2D eigenvalue weighted by Crippen LogP contribution is 2.61. The van der Waals surface area contributed by atoms with Gasteiger partial charge in [-0.2, -0.15) is 0 Å². The molecule has 0 amide bonds. The van der Waals surface area contributed by atoms with E-state index < -0.39 is 5.41 Å². The summed E-state index contributed by atoms with van der Waals surface area (Å²) in [6.07, 6.45) is 0. The molecule has 15 aromatic rings. The van der Waals surface area contributed by atoms with Crippen molar-refractivity contribution in [2.75, 3.05) is 9.80 Å². The number of rotatable bonds is 10. The summed E-state index contributed by atoms with van der Waals surface area (Å²) < 4.78 is 14.5. The van der Waals surface area contributed by atoms with Gasteiger partial charge in [0.15, 0.2) is 11.2 Å². The van der Waals surface area contributed by atoms with Crippen LogP contribution in [-0.4, -0.2) is 0 Å². The van der Waals surface area contributed by atoms with Crippen LogP contribution in [0.1, 0.15) is 33.4 Å². The lowest BCUT2D eigenvalue weighted by Crippen LogP contribution is -2.29. The maximum atomic E-state index is 7.28. The standard InChI is InChI=1S/C79H54N2O2/c1-51-39-43-57(44-40-51)80(71-37-19-35-66-64-33-17-31-60(75(64)82-77(66)71)53-21-7-3-8-22-53)59-47-48-68-69(49-59)79(55-25-11-5-12-26-55,56-27-13-6-14-28-56)70-50-73(62-29-15-16-30-63(62)74(68)70)81(58-45-41-52(2)42-46-58)72-38-20-36-67-65-34-18-32-61(76(65)83-78(67)72)54-23-9-4-10-24-54/h3-50H,1-2H3. The molecule has 0 saturated carbocycles. The molecule has 16 rings (SSSR count). The van der Waals surface area contributed by atoms with Gasteiger partial charge in [-0.25, -0.2) is 0 Å². The molecule has 0 N–H and O–H groups in total. The maximum absolute atomic E-state index is 7.28. The highest BCUT2D eigenvalue weighted by Gasteiger charge is 2.48. The van der Waals surface area contributed by atoms with Gasteiger partial charge in [-0.3, -0.25) is 0 Å². The van der Waals surface area contributed by atoms with Gasteiger partial charge in [-0.15, -0.1) is 0 Å². The second-order valence-electron chi connectivity index (χ2n) is 22.0. The van der Waals surface area contributed by atoms with Crippen molar-refractivity contribution >= 4 is 88.8 Å². The fourth-order valence-corrected chi connectivity index (χ4v) is 13.5. The molecule has 0 saturated heterocycles. The molecule has 4 nitrogen and oxygen atoms in total. The van der Waals surface area contributed by atoms with Crippen molar-refractivity contribution in [3.05, 3.63) is 325 Å². The smallest absolute Gasteiger partial charge is 0.159 e. The van der Waals surface area contributed by atoms with Crippen LogP contribution in [0.3, 0.4) is 0 Å². The molecule has 1 aliphatic rings. The normalized spacial score (nSPS) is 12.6. The summed E-state index contributed by atoms with van der Waals surface area (Å²) in [5, 5.41) is 6.59. The third kappa shape index (κ3) is 7.53. The fourth-order valence-electron chi connectivity index (χ4n) is 13.5. The molecule has 1 aliphatic carbocycles. The minimum absolute atomic E-state index is 0.800. The minimum Gasteiger partial charge on any atom is -0.453 e. The van der Waals surface area contributed by atoms with E-state index in [1.807, 2.05) is 0 Å². The van der Waals surface area contributed by atoms with Crippen molar-refractivity contribution in [3.8, 4) is 33.4 Å². The second kappa shape index (κ2) is 19.3. The van der Waals surface area contributed by atoms with E-state index in [4.69, 9.17) is 8.83 Å².